The van der Waals surface area contributed by atoms with E-state index < -0.39 is 0 Å². The molecular formula is C16H19N3OS. The van der Waals surface area contributed by atoms with Crippen LogP contribution in [-0.4, -0.2) is 23.7 Å². The second kappa shape index (κ2) is 7.69. The highest BCUT2D eigenvalue weighted by atomic mass is 32.2. The van der Waals surface area contributed by atoms with Gasteiger partial charge in [0.2, 0.25) is 0 Å². The van der Waals surface area contributed by atoms with E-state index in [4.69, 9.17) is 0 Å². The SMILES string of the molecule is CCCNc1ccc(C(=O)Nc2cccc(SC)c2)cn1. The lowest BCUT2D eigenvalue weighted by Crippen LogP contribution is -2.12. The van der Waals surface area contributed by atoms with Gasteiger partial charge in [-0.2, -0.15) is 0 Å². The number of carbonyl (C=O) groups is 1. The van der Waals surface area contributed by atoms with Gasteiger partial charge in [0.1, 0.15) is 5.82 Å². The summed E-state index contributed by atoms with van der Waals surface area (Å²) in [4.78, 5) is 17.5. The summed E-state index contributed by atoms with van der Waals surface area (Å²) in [5.74, 6) is 0.639. The van der Waals surface area contributed by atoms with Crippen LogP contribution in [0.5, 0.6) is 0 Å². The van der Waals surface area contributed by atoms with Crippen LogP contribution in [0.3, 0.4) is 0 Å². The molecule has 0 radical (unpaired) electrons. The maximum Gasteiger partial charge on any atom is 0.257 e. The minimum Gasteiger partial charge on any atom is -0.370 e. The third kappa shape index (κ3) is 4.49. The first-order chi connectivity index (χ1) is 10.2. The maximum atomic E-state index is 12.2. The third-order valence-corrected chi connectivity index (χ3v) is 3.63. The maximum absolute atomic E-state index is 12.2. The molecule has 1 amide bonds. The largest absolute Gasteiger partial charge is 0.370 e. The molecule has 0 bridgehead atoms. The molecule has 0 saturated carbocycles. The molecule has 5 heteroatoms. The van der Waals surface area contributed by atoms with Gasteiger partial charge in [-0.1, -0.05) is 13.0 Å². The van der Waals surface area contributed by atoms with Crippen molar-refractivity contribution in [1.29, 1.82) is 0 Å². The van der Waals surface area contributed by atoms with Crippen LogP contribution < -0.4 is 10.6 Å². The minimum absolute atomic E-state index is 0.150. The van der Waals surface area contributed by atoms with Crippen molar-refractivity contribution in [2.24, 2.45) is 0 Å². The summed E-state index contributed by atoms with van der Waals surface area (Å²) in [6.07, 6.45) is 4.63. The van der Waals surface area contributed by atoms with Crippen LogP contribution in [-0.2, 0) is 0 Å². The Labute approximate surface area is 129 Å². The van der Waals surface area contributed by atoms with E-state index in [1.807, 2.05) is 36.6 Å². The Balaban J connectivity index is 2.02. The Morgan fingerprint density at radius 1 is 1.29 bits per heavy atom. The average Bonchev–Trinajstić information content (AvgIpc) is 2.53. The molecule has 4 nitrogen and oxygen atoms in total. The van der Waals surface area contributed by atoms with Gasteiger partial charge in [0, 0.05) is 23.3 Å². The molecule has 0 atom stereocenters. The van der Waals surface area contributed by atoms with Crippen molar-refractivity contribution in [3.8, 4) is 0 Å². The first-order valence-corrected chi connectivity index (χ1v) is 8.10. The van der Waals surface area contributed by atoms with Crippen LogP contribution in [0.15, 0.2) is 47.5 Å². The number of pyridine rings is 1. The summed E-state index contributed by atoms with van der Waals surface area (Å²) in [6.45, 7) is 2.97. The Morgan fingerprint density at radius 3 is 2.81 bits per heavy atom. The summed E-state index contributed by atoms with van der Waals surface area (Å²) < 4.78 is 0. The monoisotopic (exact) mass is 301 g/mol. The van der Waals surface area contributed by atoms with Crippen molar-refractivity contribution in [3.05, 3.63) is 48.2 Å². The molecule has 0 unspecified atom stereocenters. The first-order valence-electron chi connectivity index (χ1n) is 6.88. The van der Waals surface area contributed by atoms with Gasteiger partial charge >= 0.3 is 0 Å². The third-order valence-electron chi connectivity index (χ3n) is 2.91. The number of thioether (sulfide) groups is 1. The number of hydrogen-bond donors (Lipinski definition) is 2. The molecule has 0 aliphatic rings. The van der Waals surface area contributed by atoms with Crippen LogP contribution in [0.1, 0.15) is 23.7 Å². The lowest BCUT2D eigenvalue weighted by molar-refractivity contribution is 0.102. The molecule has 2 rings (SSSR count). The van der Waals surface area contributed by atoms with Crippen molar-refractivity contribution < 1.29 is 4.79 Å². The molecule has 2 N–H and O–H groups in total. The van der Waals surface area contributed by atoms with Crippen LogP contribution >= 0.6 is 11.8 Å². The van der Waals surface area contributed by atoms with Crippen molar-refractivity contribution in [2.75, 3.05) is 23.4 Å². The highest BCUT2D eigenvalue weighted by molar-refractivity contribution is 7.98. The molecule has 110 valence electrons. The number of amides is 1. The van der Waals surface area contributed by atoms with Gasteiger partial charge in [-0.25, -0.2) is 4.98 Å². The van der Waals surface area contributed by atoms with Gasteiger partial charge in [0.25, 0.3) is 5.91 Å². The molecule has 0 aliphatic heterocycles. The summed E-state index contributed by atoms with van der Waals surface area (Å²) >= 11 is 1.64. The number of benzene rings is 1. The van der Waals surface area contributed by atoms with Crippen molar-refractivity contribution >= 4 is 29.2 Å². The zero-order valence-corrected chi connectivity index (χ0v) is 13.0. The topological polar surface area (TPSA) is 54.0 Å². The highest BCUT2D eigenvalue weighted by Crippen LogP contribution is 2.19. The Bertz CT molecular complexity index is 599. The van der Waals surface area contributed by atoms with Gasteiger partial charge in [-0.3, -0.25) is 4.79 Å². The second-order valence-corrected chi connectivity index (χ2v) is 5.42. The van der Waals surface area contributed by atoms with Gasteiger partial charge in [0.15, 0.2) is 0 Å². The highest BCUT2D eigenvalue weighted by Gasteiger charge is 2.07. The number of nitrogens with one attached hydrogen (secondary N) is 2. The minimum atomic E-state index is -0.150. The fraction of sp³-hybridized carbons (Fsp3) is 0.250. The predicted molar refractivity (Wildman–Crippen MR) is 89.2 cm³/mol. The molecule has 0 spiro atoms. The fourth-order valence-corrected chi connectivity index (χ4v) is 2.25. The van der Waals surface area contributed by atoms with Gasteiger partial charge < -0.3 is 10.6 Å². The van der Waals surface area contributed by atoms with E-state index >= 15 is 0 Å². The number of rotatable bonds is 6. The van der Waals surface area contributed by atoms with E-state index in [9.17, 15) is 4.79 Å². The Kier molecular flexibility index (Phi) is 5.63. The molecule has 0 saturated heterocycles. The summed E-state index contributed by atoms with van der Waals surface area (Å²) in [5.41, 5.74) is 1.34. The predicted octanol–water partition coefficient (Wildman–Crippen LogP) is 3.88. The molecule has 1 aromatic carbocycles. The molecule has 2 aromatic rings. The Hall–Kier alpha value is -2.01. The zero-order chi connectivity index (χ0) is 15.1. The normalized spacial score (nSPS) is 10.2. The molecular weight excluding hydrogens is 282 g/mol. The zero-order valence-electron chi connectivity index (χ0n) is 12.2. The van der Waals surface area contributed by atoms with E-state index in [1.54, 1.807) is 24.0 Å². The first kappa shape index (κ1) is 15.4. The second-order valence-electron chi connectivity index (χ2n) is 4.54. The Morgan fingerprint density at radius 2 is 2.14 bits per heavy atom. The van der Waals surface area contributed by atoms with Crippen molar-refractivity contribution in [2.45, 2.75) is 18.2 Å². The molecule has 1 aromatic heterocycles. The molecule has 0 fully saturated rings. The molecule has 0 aliphatic carbocycles. The van der Waals surface area contributed by atoms with E-state index in [2.05, 4.69) is 22.5 Å². The van der Waals surface area contributed by atoms with Gasteiger partial charge in [-0.05, 0) is 43.0 Å². The van der Waals surface area contributed by atoms with E-state index in [0.29, 0.717) is 5.56 Å². The van der Waals surface area contributed by atoms with Gasteiger partial charge in [0.05, 0.1) is 5.56 Å². The summed E-state index contributed by atoms with van der Waals surface area (Å²) in [6, 6.07) is 11.4. The quantitative estimate of drug-likeness (QED) is 0.795. The number of hydrogen-bond acceptors (Lipinski definition) is 4. The number of anilines is 2. The van der Waals surface area contributed by atoms with E-state index in [1.165, 1.54) is 0 Å². The summed E-state index contributed by atoms with van der Waals surface area (Å²) in [5, 5.41) is 6.06. The van der Waals surface area contributed by atoms with Crippen LogP contribution in [0.4, 0.5) is 11.5 Å². The van der Waals surface area contributed by atoms with E-state index in [-0.39, 0.29) is 5.91 Å². The fourth-order valence-electron chi connectivity index (χ4n) is 1.79. The smallest absolute Gasteiger partial charge is 0.257 e. The number of carbonyl (C=O) groups excluding carboxylic acids is 1. The van der Waals surface area contributed by atoms with E-state index in [0.717, 1.165) is 29.4 Å². The van der Waals surface area contributed by atoms with Crippen LogP contribution in [0.25, 0.3) is 0 Å². The summed E-state index contributed by atoms with van der Waals surface area (Å²) in [7, 11) is 0. The van der Waals surface area contributed by atoms with Crippen molar-refractivity contribution in [3.63, 3.8) is 0 Å². The number of nitrogens with zero attached hydrogens (tertiary/aromatic N) is 1. The van der Waals surface area contributed by atoms with Gasteiger partial charge in [-0.15, -0.1) is 11.8 Å². The lowest BCUT2D eigenvalue weighted by Gasteiger charge is -2.07. The van der Waals surface area contributed by atoms with Crippen molar-refractivity contribution in [1.82, 2.24) is 4.98 Å². The van der Waals surface area contributed by atoms with Crippen LogP contribution in [0.2, 0.25) is 0 Å². The molecule has 1 heterocycles. The number of aromatic nitrogens is 1. The standard InChI is InChI=1S/C16H19N3OS/c1-3-9-17-15-8-7-12(11-18-15)16(20)19-13-5-4-6-14(10-13)21-2/h4-8,10-11H,3,9H2,1-2H3,(H,17,18)(H,19,20). The van der Waals surface area contributed by atoms with Crippen LogP contribution in [0, 0.1) is 0 Å². The molecule has 21 heavy (non-hydrogen) atoms. The average molecular weight is 301 g/mol. The lowest BCUT2D eigenvalue weighted by atomic mass is 10.2.